The van der Waals surface area contributed by atoms with Gasteiger partial charge in [0.15, 0.2) is 6.61 Å². The lowest BCUT2D eigenvalue weighted by Gasteiger charge is -2.11. The van der Waals surface area contributed by atoms with Crippen LogP contribution in [0.2, 0.25) is 0 Å². The summed E-state index contributed by atoms with van der Waals surface area (Å²) in [5.41, 5.74) is 2.17. The molecule has 1 N–H and O–H groups in total. The van der Waals surface area contributed by atoms with Gasteiger partial charge in [0.05, 0.1) is 12.0 Å². The van der Waals surface area contributed by atoms with E-state index in [0.717, 1.165) is 10.5 Å². The summed E-state index contributed by atoms with van der Waals surface area (Å²) >= 11 is 4.08. The van der Waals surface area contributed by atoms with Crippen molar-refractivity contribution in [2.75, 3.05) is 25.6 Å². The summed E-state index contributed by atoms with van der Waals surface area (Å²) in [6.07, 6.45) is 1.49. The fourth-order valence-electron chi connectivity index (χ4n) is 2.80. The van der Waals surface area contributed by atoms with Gasteiger partial charge < -0.3 is 14.8 Å². The third-order valence-corrected chi connectivity index (χ3v) is 5.71. The molecule has 8 nitrogen and oxygen atoms in total. The summed E-state index contributed by atoms with van der Waals surface area (Å²) in [5.74, 6) is -1.29. The smallest absolute Gasteiger partial charge is 0.325 e. The fourth-order valence-corrected chi connectivity index (χ4v) is 4.01. The van der Waals surface area contributed by atoms with Crippen molar-refractivity contribution in [1.82, 2.24) is 4.90 Å². The van der Waals surface area contributed by atoms with Crippen molar-refractivity contribution in [2.45, 2.75) is 6.92 Å². The maximum absolute atomic E-state index is 12.6. The number of esters is 1. The van der Waals surface area contributed by atoms with Crippen LogP contribution in [0.25, 0.3) is 6.08 Å². The van der Waals surface area contributed by atoms with Gasteiger partial charge >= 0.3 is 5.97 Å². The lowest BCUT2D eigenvalue weighted by molar-refractivity contribution is -0.143. The third kappa shape index (κ3) is 5.98. The van der Waals surface area contributed by atoms with Crippen LogP contribution in [-0.2, 0) is 19.1 Å². The average molecular weight is 519 g/mol. The number of methoxy groups -OCH3 is 1. The van der Waals surface area contributed by atoms with E-state index in [1.807, 2.05) is 25.1 Å². The molecule has 1 saturated heterocycles. The van der Waals surface area contributed by atoms with Gasteiger partial charge in [0.2, 0.25) is 0 Å². The largest absolute Gasteiger partial charge is 0.483 e. The number of aryl methyl sites for hydroxylation is 1. The van der Waals surface area contributed by atoms with Gasteiger partial charge in [-0.3, -0.25) is 24.1 Å². The topological polar surface area (TPSA) is 102 Å². The van der Waals surface area contributed by atoms with E-state index in [0.29, 0.717) is 33.2 Å². The maximum Gasteiger partial charge on any atom is 0.325 e. The molecule has 1 aliphatic rings. The van der Waals surface area contributed by atoms with E-state index in [4.69, 9.17) is 4.74 Å². The van der Waals surface area contributed by atoms with E-state index in [1.165, 1.54) is 13.2 Å². The lowest BCUT2D eigenvalue weighted by atomic mass is 10.2. The molecule has 0 aromatic heterocycles. The number of carbonyl (C=O) groups excluding carboxylic acids is 4. The van der Waals surface area contributed by atoms with E-state index >= 15 is 0 Å². The molecular weight excluding hydrogens is 500 g/mol. The molecule has 1 heterocycles. The minimum atomic E-state index is -0.695. The van der Waals surface area contributed by atoms with E-state index in [-0.39, 0.29) is 17.4 Å². The first-order chi connectivity index (χ1) is 15.3. The van der Waals surface area contributed by atoms with Gasteiger partial charge in [-0.1, -0.05) is 28.1 Å². The van der Waals surface area contributed by atoms with Crippen molar-refractivity contribution in [1.29, 1.82) is 0 Å². The third-order valence-electron chi connectivity index (χ3n) is 4.31. The quantitative estimate of drug-likeness (QED) is 0.436. The zero-order valence-corrected chi connectivity index (χ0v) is 19.6. The maximum atomic E-state index is 12.6. The van der Waals surface area contributed by atoms with Gasteiger partial charge in [0, 0.05) is 15.7 Å². The second-order valence-corrected chi connectivity index (χ2v) is 8.64. The number of ether oxygens (including phenoxy) is 2. The van der Waals surface area contributed by atoms with Crippen LogP contribution in [-0.4, -0.2) is 48.2 Å². The molecule has 0 radical (unpaired) electrons. The van der Waals surface area contributed by atoms with Crippen molar-refractivity contribution in [3.8, 4) is 5.75 Å². The normalized spacial score (nSPS) is 14.6. The molecule has 0 unspecified atom stereocenters. The number of hydrogen-bond donors (Lipinski definition) is 1. The summed E-state index contributed by atoms with van der Waals surface area (Å²) in [6, 6.07) is 12.5. The number of hydrogen-bond acceptors (Lipinski definition) is 7. The Morgan fingerprint density at radius 3 is 2.69 bits per heavy atom. The highest BCUT2D eigenvalue weighted by atomic mass is 79.9. The zero-order valence-electron chi connectivity index (χ0n) is 17.2. The van der Waals surface area contributed by atoms with E-state index in [1.54, 1.807) is 24.3 Å². The van der Waals surface area contributed by atoms with E-state index < -0.39 is 23.7 Å². The number of anilines is 1. The van der Waals surface area contributed by atoms with Gasteiger partial charge in [0.25, 0.3) is 17.1 Å². The fraction of sp³-hybridized carbons (Fsp3) is 0.182. The lowest BCUT2D eigenvalue weighted by Crippen LogP contribution is -2.34. The summed E-state index contributed by atoms with van der Waals surface area (Å²) < 4.78 is 10.9. The van der Waals surface area contributed by atoms with Crippen LogP contribution in [0.5, 0.6) is 5.75 Å². The van der Waals surface area contributed by atoms with Gasteiger partial charge in [-0.15, -0.1) is 0 Å². The Morgan fingerprint density at radius 1 is 1.19 bits per heavy atom. The standard InChI is InChI=1S/C22H19BrN2O6S/c1-13-4-3-5-16(8-13)24-19(26)12-31-17-7-6-15(23)9-14(17)10-18-21(28)25(22(29)32-18)11-20(27)30-2/h3-10H,11-12H2,1-2H3,(H,24,26)/b18-10-. The second-order valence-electron chi connectivity index (χ2n) is 6.73. The van der Waals surface area contributed by atoms with Gasteiger partial charge in [-0.25, -0.2) is 0 Å². The summed E-state index contributed by atoms with van der Waals surface area (Å²) in [5, 5.41) is 2.19. The number of imide groups is 1. The molecule has 32 heavy (non-hydrogen) atoms. The Labute approximate surface area is 197 Å². The van der Waals surface area contributed by atoms with Crippen molar-refractivity contribution in [2.24, 2.45) is 0 Å². The number of halogens is 1. The minimum Gasteiger partial charge on any atom is -0.483 e. The highest BCUT2D eigenvalue weighted by Crippen LogP contribution is 2.34. The predicted octanol–water partition coefficient (Wildman–Crippen LogP) is 3.98. The number of nitrogens with zero attached hydrogens (tertiary/aromatic N) is 1. The van der Waals surface area contributed by atoms with E-state index in [2.05, 4.69) is 26.0 Å². The monoisotopic (exact) mass is 518 g/mol. The summed E-state index contributed by atoms with van der Waals surface area (Å²) in [6.45, 7) is 1.22. The van der Waals surface area contributed by atoms with Crippen molar-refractivity contribution in [3.63, 3.8) is 0 Å². The SMILES string of the molecule is COC(=O)CN1C(=O)S/C(=C\c2cc(Br)ccc2OCC(=O)Nc2cccc(C)c2)C1=O. The number of carbonyl (C=O) groups is 4. The number of rotatable bonds is 7. The Kier molecular flexibility index (Phi) is 7.70. The summed E-state index contributed by atoms with van der Waals surface area (Å²) in [4.78, 5) is 49.4. The van der Waals surface area contributed by atoms with Crippen molar-refractivity contribution in [3.05, 3.63) is 63.0 Å². The molecular formula is C22H19BrN2O6S. The molecule has 166 valence electrons. The molecule has 0 atom stereocenters. The molecule has 2 aromatic rings. The van der Waals surface area contributed by atoms with Crippen molar-refractivity contribution >= 4 is 62.5 Å². The number of thioether (sulfide) groups is 1. The molecule has 1 aliphatic heterocycles. The molecule has 10 heteroatoms. The minimum absolute atomic E-state index is 0.131. The molecule has 0 bridgehead atoms. The van der Waals surface area contributed by atoms with Crippen LogP contribution in [0.4, 0.5) is 10.5 Å². The molecule has 3 rings (SSSR count). The highest BCUT2D eigenvalue weighted by Gasteiger charge is 2.36. The zero-order chi connectivity index (χ0) is 23.3. The molecule has 0 spiro atoms. The first kappa shape index (κ1) is 23.6. The van der Waals surface area contributed by atoms with Gasteiger partial charge in [-0.05, 0) is 60.7 Å². The van der Waals surface area contributed by atoms with E-state index in [9.17, 15) is 19.2 Å². The first-order valence-corrected chi connectivity index (χ1v) is 11.0. The molecule has 1 fully saturated rings. The van der Waals surface area contributed by atoms with Gasteiger partial charge in [-0.2, -0.15) is 0 Å². The average Bonchev–Trinajstić information content (AvgIpc) is 3.00. The van der Waals surface area contributed by atoms with Crippen LogP contribution < -0.4 is 10.1 Å². The van der Waals surface area contributed by atoms with Crippen molar-refractivity contribution < 1.29 is 28.7 Å². The number of nitrogens with one attached hydrogen (secondary N) is 1. The molecule has 0 saturated carbocycles. The van der Waals surface area contributed by atoms with Crippen LogP contribution in [0.3, 0.4) is 0 Å². The predicted molar refractivity (Wildman–Crippen MR) is 124 cm³/mol. The van der Waals surface area contributed by atoms with Crippen LogP contribution in [0, 0.1) is 6.92 Å². The Hall–Kier alpha value is -3.11. The molecule has 2 aromatic carbocycles. The number of amides is 3. The Bertz CT molecular complexity index is 1120. The van der Waals surface area contributed by atoms with Crippen LogP contribution in [0.1, 0.15) is 11.1 Å². The van der Waals surface area contributed by atoms with Gasteiger partial charge in [0.1, 0.15) is 12.3 Å². The highest BCUT2D eigenvalue weighted by molar-refractivity contribution is 9.10. The first-order valence-electron chi connectivity index (χ1n) is 9.38. The van der Waals surface area contributed by atoms with Crippen LogP contribution in [0.15, 0.2) is 51.8 Å². The Morgan fingerprint density at radius 2 is 1.97 bits per heavy atom. The number of benzene rings is 2. The Balaban J connectivity index is 1.74. The second kappa shape index (κ2) is 10.5. The molecule has 0 aliphatic carbocycles. The summed E-state index contributed by atoms with van der Waals surface area (Å²) in [7, 11) is 1.18. The van der Waals surface area contributed by atoms with Crippen LogP contribution >= 0.6 is 27.7 Å². The molecule has 3 amide bonds.